The van der Waals surface area contributed by atoms with Crippen LogP contribution in [0.2, 0.25) is 0 Å². The van der Waals surface area contributed by atoms with E-state index in [4.69, 9.17) is 9.47 Å². The molecule has 0 saturated carbocycles. The summed E-state index contributed by atoms with van der Waals surface area (Å²) in [6.45, 7) is 4.34. The molecule has 1 aliphatic rings. The first-order valence-electron chi connectivity index (χ1n) is 6.72. The van der Waals surface area contributed by atoms with Gasteiger partial charge in [-0.25, -0.2) is 4.79 Å². The molecule has 110 valence electrons. The Morgan fingerprint density at radius 1 is 1.45 bits per heavy atom. The molecule has 1 atom stereocenters. The summed E-state index contributed by atoms with van der Waals surface area (Å²) in [6.07, 6.45) is 0.0261. The predicted octanol–water partition coefficient (Wildman–Crippen LogP) is 1.84. The Morgan fingerprint density at radius 2 is 2.15 bits per heavy atom. The molecule has 20 heavy (non-hydrogen) atoms. The molecule has 0 aliphatic carbocycles. The van der Waals surface area contributed by atoms with E-state index < -0.39 is 17.2 Å². The number of nitrogens with one attached hydrogen (secondary N) is 1. The van der Waals surface area contributed by atoms with Gasteiger partial charge in [0.25, 0.3) is 0 Å². The topological polar surface area (TPSA) is 67.8 Å². The number of amides is 1. The third-order valence-corrected chi connectivity index (χ3v) is 3.75. The van der Waals surface area contributed by atoms with Gasteiger partial charge in [0.2, 0.25) is 0 Å². The molecule has 2 rings (SSSR count). The minimum Gasteiger partial charge on any atom is -0.445 e. The Bertz CT molecular complexity index is 447. The molecule has 1 unspecified atom stereocenters. The highest BCUT2D eigenvalue weighted by molar-refractivity contribution is 5.68. The summed E-state index contributed by atoms with van der Waals surface area (Å²) in [6, 6.07) is 9.46. The van der Waals surface area contributed by atoms with Gasteiger partial charge < -0.3 is 19.9 Å². The van der Waals surface area contributed by atoms with E-state index in [0.717, 1.165) is 5.56 Å². The van der Waals surface area contributed by atoms with Crippen molar-refractivity contribution in [2.24, 2.45) is 0 Å². The van der Waals surface area contributed by atoms with Crippen LogP contribution in [0.5, 0.6) is 0 Å². The fourth-order valence-electron chi connectivity index (χ4n) is 2.25. The van der Waals surface area contributed by atoms with Crippen molar-refractivity contribution < 1.29 is 19.4 Å². The number of hydrogen-bond donors (Lipinski definition) is 2. The molecule has 1 fully saturated rings. The van der Waals surface area contributed by atoms with Crippen molar-refractivity contribution in [1.82, 2.24) is 5.32 Å². The van der Waals surface area contributed by atoms with Crippen LogP contribution in [0, 0.1) is 0 Å². The van der Waals surface area contributed by atoms with Gasteiger partial charge in [-0.15, -0.1) is 0 Å². The first-order valence-corrected chi connectivity index (χ1v) is 6.72. The number of carbonyl (C=O) groups is 1. The summed E-state index contributed by atoms with van der Waals surface area (Å²) < 4.78 is 10.5. The molecule has 0 aromatic heterocycles. The van der Waals surface area contributed by atoms with Crippen LogP contribution >= 0.6 is 0 Å². The molecular formula is C15H21NO4. The smallest absolute Gasteiger partial charge is 0.408 e. The molecule has 1 amide bonds. The van der Waals surface area contributed by atoms with Crippen LogP contribution in [0.3, 0.4) is 0 Å². The van der Waals surface area contributed by atoms with Gasteiger partial charge in [-0.05, 0) is 25.8 Å². The zero-order chi connectivity index (χ0) is 14.6. The molecule has 1 aromatic carbocycles. The number of rotatable bonds is 4. The van der Waals surface area contributed by atoms with E-state index in [0.29, 0.717) is 13.0 Å². The Balaban J connectivity index is 1.93. The highest BCUT2D eigenvalue weighted by Gasteiger charge is 2.48. The van der Waals surface area contributed by atoms with Crippen molar-refractivity contribution in [1.29, 1.82) is 0 Å². The van der Waals surface area contributed by atoms with Gasteiger partial charge in [-0.1, -0.05) is 30.3 Å². The number of alkyl carbamates (subject to hydrolysis) is 1. The van der Waals surface area contributed by atoms with E-state index in [2.05, 4.69) is 5.32 Å². The molecule has 2 N–H and O–H groups in total. The average Bonchev–Trinajstić information content (AvgIpc) is 2.87. The maximum absolute atomic E-state index is 11.9. The number of carbonyl (C=O) groups excluding carboxylic acids is 1. The van der Waals surface area contributed by atoms with Crippen LogP contribution in [-0.2, 0) is 16.1 Å². The second-order valence-electron chi connectivity index (χ2n) is 5.63. The van der Waals surface area contributed by atoms with Gasteiger partial charge in [0.1, 0.15) is 6.61 Å². The molecular weight excluding hydrogens is 258 g/mol. The van der Waals surface area contributed by atoms with Crippen LogP contribution in [-0.4, -0.2) is 35.6 Å². The zero-order valence-corrected chi connectivity index (χ0v) is 11.9. The molecule has 0 spiro atoms. The van der Waals surface area contributed by atoms with Gasteiger partial charge in [-0.2, -0.15) is 0 Å². The fourth-order valence-corrected chi connectivity index (χ4v) is 2.25. The maximum Gasteiger partial charge on any atom is 0.408 e. The third kappa shape index (κ3) is 3.29. The van der Waals surface area contributed by atoms with E-state index in [1.165, 1.54) is 0 Å². The summed E-state index contributed by atoms with van der Waals surface area (Å²) in [5.74, 6) is 0. The van der Waals surface area contributed by atoms with E-state index in [-0.39, 0.29) is 13.2 Å². The van der Waals surface area contributed by atoms with Gasteiger partial charge in [0, 0.05) is 6.61 Å². The number of hydrogen-bond acceptors (Lipinski definition) is 4. The highest BCUT2D eigenvalue weighted by atomic mass is 16.5. The van der Waals surface area contributed by atoms with Gasteiger partial charge in [0.05, 0.1) is 17.7 Å². The van der Waals surface area contributed by atoms with Crippen molar-refractivity contribution in [2.45, 2.75) is 38.0 Å². The first-order chi connectivity index (χ1) is 9.43. The Hall–Kier alpha value is -1.59. The molecule has 1 saturated heterocycles. The summed E-state index contributed by atoms with van der Waals surface area (Å²) in [5.41, 5.74) is -0.946. The fraction of sp³-hybridized carbons (Fsp3) is 0.533. The van der Waals surface area contributed by atoms with Crippen LogP contribution in [0.15, 0.2) is 30.3 Å². The number of ether oxygens (including phenoxy) is 2. The van der Waals surface area contributed by atoms with Gasteiger partial charge in [0.15, 0.2) is 0 Å². The Morgan fingerprint density at radius 3 is 2.70 bits per heavy atom. The first kappa shape index (κ1) is 14.8. The van der Waals surface area contributed by atoms with Crippen molar-refractivity contribution in [3.63, 3.8) is 0 Å². The van der Waals surface area contributed by atoms with Crippen molar-refractivity contribution >= 4 is 6.09 Å². The minimum atomic E-state index is -1.07. The lowest BCUT2D eigenvalue weighted by Crippen LogP contribution is -2.62. The minimum absolute atomic E-state index is 0.204. The lowest BCUT2D eigenvalue weighted by Gasteiger charge is -2.39. The lowest BCUT2D eigenvalue weighted by atomic mass is 9.82. The van der Waals surface area contributed by atoms with Gasteiger partial charge in [-0.3, -0.25) is 0 Å². The largest absolute Gasteiger partial charge is 0.445 e. The molecule has 5 nitrogen and oxygen atoms in total. The summed E-state index contributed by atoms with van der Waals surface area (Å²) in [7, 11) is 0. The summed E-state index contributed by atoms with van der Waals surface area (Å²) in [5, 5.41) is 13.0. The molecule has 5 heteroatoms. The van der Waals surface area contributed by atoms with E-state index in [9.17, 15) is 9.90 Å². The molecule has 0 radical (unpaired) electrons. The molecule has 1 aromatic rings. The Kier molecular flexibility index (Phi) is 4.30. The zero-order valence-electron chi connectivity index (χ0n) is 11.9. The van der Waals surface area contributed by atoms with Crippen molar-refractivity contribution in [2.75, 3.05) is 13.2 Å². The van der Waals surface area contributed by atoms with Crippen LogP contribution in [0.1, 0.15) is 25.8 Å². The average molecular weight is 279 g/mol. The number of benzene rings is 1. The van der Waals surface area contributed by atoms with Crippen LogP contribution in [0.4, 0.5) is 4.79 Å². The normalized spacial score (nSPS) is 22.6. The molecule has 1 aliphatic heterocycles. The maximum atomic E-state index is 11.9. The van der Waals surface area contributed by atoms with E-state index in [1.807, 2.05) is 30.3 Å². The van der Waals surface area contributed by atoms with E-state index >= 15 is 0 Å². The third-order valence-electron chi connectivity index (χ3n) is 3.75. The van der Waals surface area contributed by atoms with Gasteiger partial charge >= 0.3 is 6.09 Å². The van der Waals surface area contributed by atoms with Crippen LogP contribution in [0.25, 0.3) is 0 Å². The summed E-state index contributed by atoms with van der Waals surface area (Å²) in [4.78, 5) is 11.9. The van der Waals surface area contributed by atoms with E-state index in [1.54, 1.807) is 13.8 Å². The quantitative estimate of drug-likeness (QED) is 0.882. The lowest BCUT2D eigenvalue weighted by molar-refractivity contribution is -0.0265. The molecule has 1 heterocycles. The van der Waals surface area contributed by atoms with Crippen molar-refractivity contribution in [3.05, 3.63) is 35.9 Å². The second-order valence-corrected chi connectivity index (χ2v) is 5.63. The second kappa shape index (κ2) is 5.81. The summed E-state index contributed by atoms with van der Waals surface area (Å²) >= 11 is 0. The number of aliphatic hydroxyl groups is 1. The predicted molar refractivity (Wildman–Crippen MR) is 74.2 cm³/mol. The Labute approximate surface area is 118 Å². The monoisotopic (exact) mass is 279 g/mol. The standard InChI is InChI=1S/C15H21NO4/c1-14(2,18)15(8-9-19-11-15)16-13(17)20-10-12-6-4-3-5-7-12/h3-7,18H,8-11H2,1-2H3,(H,16,17). The SMILES string of the molecule is CC(C)(O)C1(NC(=O)OCc2ccccc2)CCOC1. The van der Waals surface area contributed by atoms with Crippen LogP contribution < -0.4 is 5.32 Å². The van der Waals surface area contributed by atoms with Crippen molar-refractivity contribution in [3.8, 4) is 0 Å². The highest BCUT2D eigenvalue weighted by Crippen LogP contribution is 2.30. The molecule has 0 bridgehead atoms.